The number of rotatable bonds is 6. The van der Waals surface area contributed by atoms with Crippen LogP contribution in [0.25, 0.3) is 0 Å². The molecule has 6 nitrogen and oxygen atoms in total. The quantitative estimate of drug-likeness (QED) is 0.460. The summed E-state index contributed by atoms with van der Waals surface area (Å²) in [6.45, 7) is 0.760. The highest BCUT2D eigenvalue weighted by molar-refractivity contribution is 5.73. The van der Waals surface area contributed by atoms with Gasteiger partial charge in [-0.25, -0.2) is 0 Å². The predicted molar refractivity (Wildman–Crippen MR) is 124 cm³/mol. The van der Waals surface area contributed by atoms with Gasteiger partial charge in [0.05, 0.1) is 36.3 Å². The average Bonchev–Trinajstić information content (AvgIpc) is 3.81. The van der Waals surface area contributed by atoms with Gasteiger partial charge in [0.1, 0.15) is 13.2 Å². The molecule has 6 heteroatoms. The fraction of sp³-hybridized carbons (Fsp3) is 0.500. The zero-order chi connectivity index (χ0) is 23.3. The maximum Gasteiger partial charge on any atom is 0.309 e. The Labute approximate surface area is 200 Å². The van der Waals surface area contributed by atoms with E-state index in [-0.39, 0.29) is 23.8 Å². The van der Waals surface area contributed by atoms with E-state index in [1.54, 1.807) is 0 Å². The molecule has 0 N–H and O–H groups in total. The number of hydrogen-bond donors (Lipinski definition) is 0. The molecular formula is C28H32O6. The largest absolute Gasteiger partial charge is 0.461 e. The van der Waals surface area contributed by atoms with Gasteiger partial charge < -0.3 is 18.9 Å². The summed E-state index contributed by atoms with van der Waals surface area (Å²) in [7, 11) is 0. The highest BCUT2D eigenvalue weighted by atomic mass is 16.6. The molecule has 180 valence electrons. The van der Waals surface area contributed by atoms with Gasteiger partial charge in [-0.3, -0.25) is 9.59 Å². The second kappa shape index (κ2) is 10.7. The summed E-state index contributed by atoms with van der Waals surface area (Å²) in [6, 6.07) is 19.6. The summed E-state index contributed by atoms with van der Waals surface area (Å²) in [5, 5.41) is 0. The lowest BCUT2D eigenvalue weighted by Crippen LogP contribution is -2.23. The normalized spacial score (nSPS) is 30.5. The number of carbonyl (C=O) groups is 2. The number of epoxide rings is 2. The van der Waals surface area contributed by atoms with Crippen LogP contribution in [-0.4, -0.2) is 36.4 Å². The smallest absolute Gasteiger partial charge is 0.309 e. The zero-order valence-corrected chi connectivity index (χ0v) is 19.3. The summed E-state index contributed by atoms with van der Waals surface area (Å²) in [5.74, 6) is -0.0458. The van der Waals surface area contributed by atoms with Crippen LogP contribution in [-0.2, 0) is 41.8 Å². The fourth-order valence-electron chi connectivity index (χ4n) is 4.93. The van der Waals surface area contributed by atoms with Crippen molar-refractivity contribution >= 4 is 11.9 Å². The van der Waals surface area contributed by atoms with E-state index in [4.69, 9.17) is 18.9 Å². The molecule has 0 spiro atoms. The zero-order valence-electron chi connectivity index (χ0n) is 19.3. The van der Waals surface area contributed by atoms with Crippen LogP contribution in [0, 0.1) is 11.8 Å². The molecule has 2 aromatic rings. The van der Waals surface area contributed by atoms with Crippen molar-refractivity contribution in [2.45, 2.75) is 76.2 Å². The number of ether oxygens (including phenoxy) is 4. The molecule has 0 unspecified atom stereocenters. The average molecular weight is 465 g/mol. The van der Waals surface area contributed by atoms with Gasteiger partial charge >= 0.3 is 11.9 Å². The molecule has 6 rings (SSSR count). The Morgan fingerprint density at radius 2 is 1.03 bits per heavy atom. The molecular weight excluding hydrogens is 432 g/mol. The first-order valence-electron chi connectivity index (χ1n) is 12.4. The molecule has 2 aliphatic heterocycles. The summed E-state index contributed by atoms with van der Waals surface area (Å²) in [4.78, 5) is 23.7. The molecule has 6 atom stereocenters. The highest BCUT2D eigenvalue weighted by Gasteiger charge is 2.47. The van der Waals surface area contributed by atoms with Crippen LogP contribution in [0.3, 0.4) is 0 Å². The van der Waals surface area contributed by atoms with E-state index in [1.807, 2.05) is 60.7 Å². The number of esters is 2. The summed E-state index contributed by atoms with van der Waals surface area (Å²) < 4.78 is 21.5. The van der Waals surface area contributed by atoms with Crippen molar-refractivity contribution in [3.05, 3.63) is 71.8 Å². The molecule has 0 aromatic heterocycles. The van der Waals surface area contributed by atoms with Crippen LogP contribution in [0.2, 0.25) is 0 Å². The lowest BCUT2D eigenvalue weighted by Gasteiger charge is -2.17. The van der Waals surface area contributed by atoms with Gasteiger partial charge in [-0.05, 0) is 49.7 Å². The van der Waals surface area contributed by atoms with Crippen molar-refractivity contribution in [2.24, 2.45) is 11.8 Å². The standard InChI is InChI=1S/2C14H16O3/c2*15-14(11-6-7-12-13(8-11)17-12)16-9-10-4-2-1-3-5-10/h2*1-5,11-13H,6-9H2/t11-,12+,13-;11-,12-,13+/m11/s1. The molecule has 0 bridgehead atoms. The topological polar surface area (TPSA) is 77.7 Å². The third-order valence-corrected chi connectivity index (χ3v) is 7.12. The lowest BCUT2D eigenvalue weighted by atomic mass is 9.89. The Hall–Kier alpha value is -2.70. The molecule has 0 radical (unpaired) electrons. The first-order valence-corrected chi connectivity index (χ1v) is 12.4. The van der Waals surface area contributed by atoms with Crippen LogP contribution >= 0.6 is 0 Å². The van der Waals surface area contributed by atoms with E-state index in [9.17, 15) is 9.59 Å². The summed E-state index contributed by atoms with van der Waals surface area (Å²) >= 11 is 0. The van der Waals surface area contributed by atoms with E-state index in [0.717, 1.165) is 49.7 Å². The van der Waals surface area contributed by atoms with Gasteiger partial charge in [0.25, 0.3) is 0 Å². The van der Waals surface area contributed by atoms with Crippen molar-refractivity contribution in [1.29, 1.82) is 0 Å². The second-order valence-corrected chi connectivity index (χ2v) is 9.63. The fourth-order valence-corrected chi connectivity index (χ4v) is 4.93. The Kier molecular flexibility index (Phi) is 7.26. The molecule has 2 saturated heterocycles. The van der Waals surface area contributed by atoms with Crippen LogP contribution in [0.15, 0.2) is 60.7 Å². The molecule has 0 amide bonds. The van der Waals surface area contributed by atoms with E-state index in [1.165, 1.54) is 0 Å². The SMILES string of the molecule is O=C(OCc1ccccc1)[C@@H]1CC[C@@H]2O[C@@H]2C1.O=C(OCc1ccccc1)[C@@H]1CC[C@H]2O[C@H]2C1. The lowest BCUT2D eigenvalue weighted by molar-refractivity contribution is -0.151. The Bertz CT molecular complexity index is 882. The first kappa shape index (κ1) is 23.1. The third-order valence-electron chi connectivity index (χ3n) is 7.12. The van der Waals surface area contributed by atoms with Gasteiger partial charge in [0, 0.05) is 0 Å². The molecule has 4 aliphatic rings. The Balaban J connectivity index is 0.000000142. The van der Waals surface area contributed by atoms with Crippen LogP contribution in [0.1, 0.15) is 49.7 Å². The molecule has 2 saturated carbocycles. The highest BCUT2D eigenvalue weighted by Crippen LogP contribution is 2.40. The van der Waals surface area contributed by atoms with E-state index >= 15 is 0 Å². The number of benzene rings is 2. The molecule has 2 heterocycles. The van der Waals surface area contributed by atoms with E-state index in [2.05, 4.69) is 0 Å². The van der Waals surface area contributed by atoms with Gasteiger partial charge in [-0.1, -0.05) is 60.7 Å². The van der Waals surface area contributed by atoms with Crippen molar-refractivity contribution in [2.75, 3.05) is 0 Å². The maximum atomic E-state index is 11.9. The van der Waals surface area contributed by atoms with Gasteiger partial charge in [0.2, 0.25) is 0 Å². The van der Waals surface area contributed by atoms with Crippen molar-refractivity contribution in [1.82, 2.24) is 0 Å². The van der Waals surface area contributed by atoms with Gasteiger partial charge in [-0.2, -0.15) is 0 Å². The van der Waals surface area contributed by atoms with Crippen molar-refractivity contribution in [3.8, 4) is 0 Å². The van der Waals surface area contributed by atoms with Gasteiger partial charge in [-0.15, -0.1) is 0 Å². The minimum absolute atomic E-state index is 0.0439. The monoisotopic (exact) mass is 464 g/mol. The number of carbonyl (C=O) groups excluding carboxylic acids is 2. The van der Waals surface area contributed by atoms with Crippen LogP contribution in [0.4, 0.5) is 0 Å². The van der Waals surface area contributed by atoms with Crippen molar-refractivity contribution in [3.63, 3.8) is 0 Å². The molecule has 4 fully saturated rings. The second-order valence-electron chi connectivity index (χ2n) is 9.63. The van der Waals surface area contributed by atoms with E-state index in [0.29, 0.717) is 37.6 Å². The number of fused-ring (bicyclic) bond motifs is 2. The summed E-state index contributed by atoms with van der Waals surface area (Å²) in [6.07, 6.45) is 7.07. The first-order chi connectivity index (χ1) is 16.7. The Morgan fingerprint density at radius 3 is 1.41 bits per heavy atom. The predicted octanol–water partition coefficient (Wildman–Crippen LogP) is 4.59. The maximum absolute atomic E-state index is 11.9. The third kappa shape index (κ3) is 6.24. The number of hydrogen-bond acceptors (Lipinski definition) is 6. The minimum atomic E-state index is -0.0668. The van der Waals surface area contributed by atoms with Gasteiger partial charge in [0.15, 0.2) is 0 Å². The minimum Gasteiger partial charge on any atom is -0.461 e. The van der Waals surface area contributed by atoms with E-state index < -0.39 is 0 Å². The molecule has 2 aromatic carbocycles. The molecule has 2 aliphatic carbocycles. The Morgan fingerprint density at radius 1 is 0.618 bits per heavy atom. The van der Waals surface area contributed by atoms with Crippen LogP contribution < -0.4 is 0 Å². The summed E-state index contributed by atoms with van der Waals surface area (Å²) in [5.41, 5.74) is 2.08. The van der Waals surface area contributed by atoms with Crippen LogP contribution in [0.5, 0.6) is 0 Å². The van der Waals surface area contributed by atoms with Crippen molar-refractivity contribution < 1.29 is 28.5 Å². The molecule has 34 heavy (non-hydrogen) atoms.